The normalized spacial score (nSPS) is 10.6. The molecule has 2 aromatic rings. The summed E-state index contributed by atoms with van der Waals surface area (Å²) in [6.45, 7) is 5.02. The molecule has 1 aromatic heterocycles. The number of nitrogen functional groups attached to an aromatic ring is 1. The van der Waals surface area contributed by atoms with Gasteiger partial charge in [0.1, 0.15) is 5.69 Å². The SMILES string of the molecule is CCCc1ccc(NC(=O)c2cc(N)cn2CCC)cc1. The van der Waals surface area contributed by atoms with Crippen LogP contribution in [0, 0.1) is 0 Å². The van der Waals surface area contributed by atoms with Gasteiger partial charge in [0.2, 0.25) is 0 Å². The van der Waals surface area contributed by atoms with Crippen LogP contribution in [0.25, 0.3) is 0 Å². The quantitative estimate of drug-likeness (QED) is 0.850. The Hall–Kier alpha value is -2.23. The first-order valence-corrected chi connectivity index (χ1v) is 7.50. The third kappa shape index (κ3) is 3.88. The molecule has 112 valence electrons. The van der Waals surface area contributed by atoms with E-state index in [1.807, 2.05) is 22.9 Å². The van der Waals surface area contributed by atoms with Crippen LogP contribution in [0.1, 0.15) is 42.7 Å². The molecule has 0 unspecified atom stereocenters. The van der Waals surface area contributed by atoms with E-state index in [1.54, 1.807) is 6.07 Å². The van der Waals surface area contributed by atoms with Crippen molar-refractivity contribution < 1.29 is 4.79 Å². The van der Waals surface area contributed by atoms with Crippen LogP contribution < -0.4 is 11.1 Å². The average molecular weight is 285 g/mol. The van der Waals surface area contributed by atoms with Crippen molar-refractivity contribution in [1.82, 2.24) is 4.57 Å². The minimum atomic E-state index is -0.122. The highest BCUT2D eigenvalue weighted by atomic mass is 16.1. The van der Waals surface area contributed by atoms with Gasteiger partial charge in [-0.2, -0.15) is 0 Å². The number of nitrogens with one attached hydrogen (secondary N) is 1. The van der Waals surface area contributed by atoms with Crippen LogP contribution in [0.15, 0.2) is 36.5 Å². The van der Waals surface area contributed by atoms with Crippen LogP contribution in [0.4, 0.5) is 11.4 Å². The summed E-state index contributed by atoms with van der Waals surface area (Å²) in [7, 11) is 0. The summed E-state index contributed by atoms with van der Waals surface area (Å²) >= 11 is 0. The van der Waals surface area contributed by atoms with E-state index in [1.165, 1.54) is 5.56 Å². The number of carbonyl (C=O) groups is 1. The topological polar surface area (TPSA) is 60.1 Å². The first-order chi connectivity index (χ1) is 10.1. The number of aromatic nitrogens is 1. The average Bonchev–Trinajstić information content (AvgIpc) is 2.83. The molecular weight excluding hydrogens is 262 g/mol. The highest BCUT2D eigenvalue weighted by Crippen LogP contribution is 2.15. The van der Waals surface area contributed by atoms with Crippen molar-refractivity contribution in [2.45, 2.75) is 39.7 Å². The van der Waals surface area contributed by atoms with Gasteiger partial charge in [-0.15, -0.1) is 0 Å². The molecule has 1 aromatic carbocycles. The molecule has 0 aliphatic heterocycles. The first-order valence-electron chi connectivity index (χ1n) is 7.50. The lowest BCUT2D eigenvalue weighted by molar-refractivity contribution is 0.101. The van der Waals surface area contributed by atoms with Gasteiger partial charge in [-0.05, 0) is 36.6 Å². The van der Waals surface area contributed by atoms with Crippen LogP contribution in [0.5, 0.6) is 0 Å². The van der Waals surface area contributed by atoms with E-state index in [9.17, 15) is 4.79 Å². The minimum Gasteiger partial charge on any atom is -0.397 e. The highest BCUT2D eigenvalue weighted by Gasteiger charge is 2.12. The number of anilines is 2. The maximum atomic E-state index is 12.3. The molecule has 0 fully saturated rings. The van der Waals surface area contributed by atoms with E-state index in [-0.39, 0.29) is 5.91 Å². The standard InChI is InChI=1S/C17H23N3O/c1-3-5-13-6-8-15(9-7-13)19-17(21)16-11-14(18)12-20(16)10-4-2/h6-9,11-12H,3-5,10,18H2,1-2H3,(H,19,21). The second-order valence-electron chi connectivity index (χ2n) is 5.25. The van der Waals surface area contributed by atoms with Crippen LogP contribution in [0.2, 0.25) is 0 Å². The molecule has 1 heterocycles. The summed E-state index contributed by atoms with van der Waals surface area (Å²) in [6.07, 6.45) is 4.95. The van der Waals surface area contributed by atoms with Crippen molar-refractivity contribution in [3.05, 3.63) is 47.8 Å². The molecule has 0 radical (unpaired) electrons. The van der Waals surface area contributed by atoms with Gasteiger partial charge in [0.05, 0.1) is 5.69 Å². The van der Waals surface area contributed by atoms with Crippen LogP contribution in [-0.4, -0.2) is 10.5 Å². The zero-order chi connectivity index (χ0) is 15.2. The zero-order valence-corrected chi connectivity index (χ0v) is 12.7. The lowest BCUT2D eigenvalue weighted by atomic mass is 10.1. The molecule has 0 saturated carbocycles. The number of nitrogens with zero attached hydrogens (tertiary/aromatic N) is 1. The first kappa shape index (κ1) is 15.2. The van der Waals surface area contributed by atoms with E-state index in [0.29, 0.717) is 11.4 Å². The minimum absolute atomic E-state index is 0.122. The highest BCUT2D eigenvalue weighted by molar-refractivity contribution is 6.03. The van der Waals surface area contributed by atoms with Crippen LogP contribution in [0.3, 0.4) is 0 Å². The maximum absolute atomic E-state index is 12.3. The second-order valence-corrected chi connectivity index (χ2v) is 5.25. The number of aryl methyl sites for hydroxylation is 2. The third-order valence-corrected chi connectivity index (χ3v) is 3.37. The molecule has 21 heavy (non-hydrogen) atoms. The molecule has 3 N–H and O–H groups in total. The van der Waals surface area contributed by atoms with Gasteiger partial charge < -0.3 is 15.6 Å². The summed E-state index contributed by atoms with van der Waals surface area (Å²) in [4.78, 5) is 12.3. The smallest absolute Gasteiger partial charge is 0.272 e. The summed E-state index contributed by atoms with van der Waals surface area (Å²) in [5, 5.41) is 2.92. The lowest BCUT2D eigenvalue weighted by Gasteiger charge is -2.09. The van der Waals surface area contributed by atoms with Gasteiger partial charge in [-0.3, -0.25) is 4.79 Å². The van der Waals surface area contributed by atoms with E-state index in [4.69, 9.17) is 5.73 Å². The van der Waals surface area contributed by atoms with Gasteiger partial charge in [0.15, 0.2) is 0 Å². The van der Waals surface area contributed by atoms with Crippen molar-refractivity contribution in [3.8, 4) is 0 Å². The van der Waals surface area contributed by atoms with Crippen molar-refractivity contribution in [1.29, 1.82) is 0 Å². The molecule has 1 amide bonds. The zero-order valence-electron chi connectivity index (χ0n) is 12.7. The number of carbonyl (C=O) groups excluding carboxylic acids is 1. The van der Waals surface area contributed by atoms with Crippen molar-refractivity contribution in [2.75, 3.05) is 11.1 Å². The Kier molecular flexibility index (Phi) is 5.04. The number of hydrogen-bond acceptors (Lipinski definition) is 2. The van der Waals surface area contributed by atoms with Crippen LogP contribution >= 0.6 is 0 Å². The molecule has 0 spiro atoms. The van der Waals surface area contributed by atoms with Crippen molar-refractivity contribution in [3.63, 3.8) is 0 Å². The van der Waals surface area contributed by atoms with Gasteiger partial charge >= 0.3 is 0 Å². The van der Waals surface area contributed by atoms with Crippen LogP contribution in [-0.2, 0) is 13.0 Å². The van der Waals surface area contributed by atoms with E-state index in [2.05, 4.69) is 31.3 Å². The van der Waals surface area contributed by atoms with Gasteiger partial charge in [-0.25, -0.2) is 0 Å². The predicted molar refractivity (Wildman–Crippen MR) is 87.5 cm³/mol. The Morgan fingerprint density at radius 3 is 2.52 bits per heavy atom. The summed E-state index contributed by atoms with van der Waals surface area (Å²) in [5.41, 5.74) is 9.11. The lowest BCUT2D eigenvalue weighted by Crippen LogP contribution is -2.16. The molecular formula is C17H23N3O. The Morgan fingerprint density at radius 1 is 1.19 bits per heavy atom. The number of amides is 1. The maximum Gasteiger partial charge on any atom is 0.272 e. The van der Waals surface area contributed by atoms with E-state index >= 15 is 0 Å². The number of hydrogen-bond donors (Lipinski definition) is 2. The molecule has 4 nitrogen and oxygen atoms in total. The Labute approximate surface area is 126 Å². The molecule has 0 atom stereocenters. The Morgan fingerprint density at radius 2 is 1.90 bits per heavy atom. The Balaban J connectivity index is 2.10. The van der Waals surface area contributed by atoms with E-state index in [0.717, 1.165) is 31.5 Å². The monoisotopic (exact) mass is 285 g/mol. The second kappa shape index (κ2) is 6.97. The molecule has 0 aliphatic rings. The van der Waals surface area contributed by atoms with Crippen molar-refractivity contribution in [2.24, 2.45) is 0 Å². The van der Waals surface area contributed by atoms with Crippen molar-refractivity contribution >= 4 is 17.3 Å². The fourth-order valence-corrected chi connectivity index (χ4v) is 2.39. The summed E-state index contributed by atoms with van der Waals surface area (Å²) in [5.74, 6) is -0.122. The summed E-state index contributed by atoms with van der Waals surface area (Å²) in [6, 6.07) is 9.71. The van der Waals surface area contributed by atoms with Gasteiger partial charge in [0, 0.05) is 18.4 Å². The molecule has 4 heteroatoms. The molecule has 0 aliphatic carbocycles. The number of benzene rings is 1. The fourth-order valence-electron chi connectivity index (χ4n) is 2.39. The number of rotatable bonds is 6. The molecule has 0 bridgehead atoms. The summed E-state index contributed by atoms with van der Waals surface area (Å²) < 4.78 is 1.90. The Bertz CT molecular complexity index is 599. The fraction of sp³-hybridized carbons (Fsp3) is 0.353. The predicted octanol–water partition coefficient (Wildman–Crippen LogP) is 3.69. The number of nitrogens with two attached hydrogens (primary N) is 1. The van der Waals surface area contributed by atoms with Gasteiger partial charge in [0.25, 0.3) is 5.91 Å². The van der Waals surface area contributed by atoms with Gasteiger partial charge in [-0.1, -0.05) is 32.4 Å². The molecule has 2 rings (SSSR count). The third-order valence-electron chi connectivity index (χ3n) is 3.37. The van der Waals surface area contributed by atoms with E-state index < -0.39 is 0 Å². The molecule has 0 saturated heterocycles. The largest absolute Gasteiger partial charge is 0.397 e.